The number of benzene rings is 1. The maximum atomic E-state index is 4.92. The molecule has 2 aromatic rings. The molecule has 0 bridgehead atoms. The van der Waals surface area contributed by atoms with Crippen LogP contribution in [0.25, 0.3) is 0 Å². The molecule has 7 nitrogen and oxygen atoms in total. The monoisotopic (exact) mass is 423 g/mol. The number of piperidine rings is 1. The van der Waals surface area contributed by atoms with E-state index >= 15 is 0 Å². The number of nitrogens with zero attached hydrogens (tertiary/aromatic N) is 5. The molecule has 1 aromatic carbocycles. The summed E-state index contributed by atoms with van der Waals surface area (Å²) < 4.78 is 2.11. The van der Waals surface area contributed by atoms with Gasteiger partial charge >= 0.3 is 0 Å². The molecule has 0 atom stereocenters. The smallest absolute Gasteiger partial charge is 0.191 e. The number of hydrogen-bond acceptors (Lipinski definition) is 4. The van der Waals surface area contributed by atoms with Gasteiger partial charge in [0.1, 0.15) is 12.2 Å². The zero-order valence-electron chi connectivity index (χ0n) is 18.8. The Labute approximate surface area is 186 Å². The van der Waals surface area contributed by atoms with Crippen molar-refractivity contribution < 1.29 is 0 Å². The number of rotatable bonds is 8. The molecule has 0 amide bonds. The van der Waals surface area contributed by atoms with Gasteiger partial charge in [-0.1, -0.05) is 50.1 Å². The summed E-state index contributed by atoms with van der Waals surface area (Å²) in [6.45, 7) is 6.98. The molecular formula is C24H37N7. The molecule has 0 radical (unpaired) electrons. The third-order valence-electron chi connectivity index (χ3n) is 6.50. The summed E-state index contributed by atoms with van der Waals surface area (Å²) in [4.78, 5) is 7.49. The summed E-state index contributed by atoms with van der Waals surface area (Å²) in [6.07, 6.45) is 10.2. The van der Waals surface area contributed by atoms with Crippen LogP contribution in [0.4, 0.5) is 0 Å². The Balaban J connectivity index is 1.29. The van der Waals surface area contributed by atoms with Gasteiger partial charge in [-0.15, -0.1) is 10.2 Å². The van der Waals surface area contributed by atoms with E-state index in [9.17, 15) is 0 Å². The van der Waals surface area contributed by atoms with Crippen molar-refractivity contribution >= 4 is 5.96 Å². The SMILES string of the molecule is CCc1nncn1CCN=C(NC1CCCC1)NC1CCN(Cc2ccccc2)CC1. The fourth-order valence-corrected chi connectivity index (χ4v) is 4.68. The van der Waals surface area contributed by atoms with E-state index in [1.807, 2.05) is 6.33 Å². The Morgan fingerprint density at radius 3 is 2.45 bits per heavy atom. The van der Waals surface area contributed by atoms with Crippen molar-refractivity contribution in [3.05, 3.63) is 48.0 Å². The topological polar surface area (TPSA) is 70.4 Å². The van der Waals surface area contributed by atoms with Crippen LogP contribution in [-0.2, 0) is 19.5 Å². The van der Waals surface area contributed by atoms with Crippen LogP contribution in [-0.4, -0.2) is 57.3 Å². The summed E-state index contributed by atoms with van der Waals surface area (Å²) in [5.74, 6) is 2.01. The first-order valence-electron chi connectivity index (χ1n) is 12.0. The van der Waals surface area contributed by atoms with E-state index in [-0.39, 0.29) is 0 Å². The molecule has 1 aliphatic carbocycles. The van der Waals surface area contributed by atoms with Gasteiger partial charge in [0.15, 0.2) is 5.96 Å². The predicted molar refractivity (Wildman–Crippen MR) is 125 cm³/mol. The highest BCUT2D eigenvalue weighted by atomic mass is 15.3. The highest BCUT2D eigenvalue weighted by molar-refractivity contribution is 5.80. The quantitative estimate of drug-likeness (QED) is 0.505. The molecule has 2 N–H and O–H groups in total. The maximum absolute atomic E-state index is 4.92. The number of aryl methyl sites for hydroxylation is 1. The van der Waals surface area contributed by atoms with Crippen molar-refractivity contribution in [2.75, 3.05) is 19.6 Å². The second kappa shape index (κ2) is 11.3. The van der Waals surface area contributed by atoms with Crippen molar-refractivity contribution in [2.24, 2.45) is 4.99 Å². The molecule has 0 unspecified atom stereocenters. The van der Waals surface area contributed by atoms with Crippen LogP contribution in [0.1, 0.15) is 56.8 Å². The minimum absolute atomic E-state index is 0.487. The van der Waals surface area contributed by atoms with Crippen LogP contribution in [0, 0.1) is 0 Å². The van der Waals surface area contributed by atoms with Gasteiger partial charge in [0.05, 0.1) is 6.54 Å². The first kappa shape index (κ1) is 21.8. The van der Waals surface area contributed by atoms with Crippen molar-refractivity contribution in [1.29, 1.82) is 0 Å². The summed E-state index contributed by atoms with van der Waals surface area (Å²) >= 11 is 0. The molecular weight excluding hydrogens is 386 g/mol. The third kappa shape index (κ3) is 6.53. The summed E-state index contributed by atoms with van der Waals surface area (Å²) in [5, 5.41) is 15.7. The fraction of sp³-hybridized carbons (Fsp3) is 0.625. The van der Waals surface area contributed by atoms with Crippen LogP contribution in [0.5, 0.6) is 0 Å². The largest absolute Gasteiger partial charge is 0.354 e. The second-order valence-electron chi connectivity index (χ2n) is 8.83. The van der Waals surface area contributed by atoms with Gasteiger partial charge in [-0.25, -0.2) is 0 Å². The van der Waals surface area contributed by atoms with Gasteiger partial charge in [-0.3, -0.25) is 9.89 Å². The van der Waals surface area contributed by atoms with Gasteiger partial charge in [-0.05, 0) is 31.2 Å². The Bertz CT molecular complexity index is 802. The lowest BCUT2D eigenvalue weighted by Gasteiger charge is -2.33. The number of guanidine groups is 1. The zero-order valence-corrected chi connectivity index (χ0v) is 18.8. The Hall–Kier alpha value is -2.41. The van der Waals surface area contributed by atoms with Crippen LogP contribution >= 0.6 is 0 Å². The Morgan fingerprint density at radius 2 is 1.74 bits per heavy atom. The van der Waals surface area contributed by atoms with Gasteiger partial charge in [0, 0.05) is 44.7 Å². The molecule has 2 aliphatic rings. The zero-order chi connectivity index (χ0) is 21.3. The maximum Gasteiger partial charge on any atom is 0.191 e. The van der Waals surface area contributed by atoms with Crippen molar-refractivity contribution in [3.8, 4) is 0 Å². The van der Waals surface area contributed by atoms with Gasteiger partial charge in [0.25, 0.3) is 0 Å². The van der Waals surface area contributed by atoms with Gasteiger partial charge in [0.2, 0.25) is 0 Å². The van der Waals surface area contributed by atoms with Gasteiger partial charge in [-0.2, -0.15) is 0 Å². The van der Waals surface area contributed by atoms with E-state index in [1.165, 1.54) is 31.2 Å². The van der Waals surface area contributed by atoms with Gasteiger partial charge < -0.3 is 15.2 Å². The number of nitrogens with one attached hydrogen (secondary N) is 2. The summed E-state index contributed by atoms with van der Waals surface area (Å²) in [6, 6.07) is 11.8. The summed E-state index contributed by atoms with van der Waals surface area (Å²) in [7, 11) is 0. The minimum atomic E-state index is 0.487. The highest BCUT2D eigenvalue weighted by Gasteiger charge is 2.22. The Kier molecular flexibility index (Phi) is 7.93. The van der Waals surface area contributed by atoms with E-state index in [2.05, 4.69) is 67.6 Å². The number of likely N-dealkylation sites (tertiary alicyclic amines) is 1. The molecule has 1 aliphatic heterocycles. The van der Waals surface area contributed by atoms with Crippen LogP contribution in [0.3, 0.4) is 0 Å². The van der Waals surface area contributed by atoms with Crippen LogP contribution < -0.4 is 10.6 Å². The molecule has 0 spiro atoms. The van der Waals surface area contributed by atoms with Crippen LogP contribution in [0.15, 0.2) is 41.7 Å². The lowest BCUT2D eigenvalue weighted by atomic mass is 10.0. The predicted octanol–water partition coefficient (Wildman–Crippen LogP) is 2.98. The molecule has 2 heterocycles. The minimum Gasteiger partial charge on any atom is -0.354 e. The van der Waals surface area contributed by atoms with Crippen molar-refractivity contribution in [3.63, 3.8) is 0 Å². The molecule has 1 saturated heterocycles. The lowest BCUT2D eigenvalue weighted by molar-refractivity contribution is 0.198. The first-order chi connectivity index (χ1) is 15.3. The normalized spacial score (nSPS) is 19.1. The van der Waals surface area contributed by atoms with E-state index in [1.54, 1.807) is 0 Å². The first-order valence-corrected chi connectivity index (χ1v) is 12.0. The summed E-state index contributed by atoms with van der Waals surface area (Å²) in [5.41, 5.74) is 1.40. The molecule has 1 aromatic heterocycles. The van der Waals surface area contributed by atoms with Crippen molar-refractivity contribution in [1.82, 2.24) is 30.3 Å². The highest BCUT2D eigenvalue weighted by Crippen LogP contribution is 2.18. The van der Waals surface area contributed by atoms with Crippen molar-refractivity contribution in [2.45, 2.75) is 77.0 Å². The molecule has 31 heavy (non-hydrogen) atoms. The molecule has 2 fully saturated rings. The van der Waals surface area contributed by atoms with E-state index in [4.69, 9.17) is 4.99 Å². The third-order valence-corrected chi connectivity index (χ3v) is 6.50. The molecule has 4 rings (SSSR count). The van der Waals surface area contributed by atoms with Crippen LogP contribution in [0.2, 0.25) is 0 Å². The number of hydrogen-bond donors (Lipinski definition) is 2. The number of aromatic nitrogens is 3. The van der Waals surface area contributed by atoms with E-state index < -0.39 is 0 Å². The molecule has 1 saturated carbocycles. The Morgan fingerprint density at radius 1 is 1.03 bits per heavy atom. The molecule has 7 heteroatoms. The van der Waals surface area contributed by atoms with E-state index in [0.717, 1.165) is 63.8 Å². The van der Waals surface area contributed by atoms with E-state index in [0.29, 0.717) is 12.1 Å². The second-order valence-corrected chi connectivity index (χ2v) is 8.83. The lowest BCUT2D eigenvalue weighted by Crippen LogP contribution is -2.50. The fourth-order valence-electron chi connectivity index (χ4n) is 4.68. The number of aliphatic imine (C=N–C) groups is 1. The average Bonchev–Trinajstić information content (AvgIpc) is 3.47. The molecule has 168 valence electrons. The average molecular weight is 424 g/mol. The standard InChI is InChI=1S/C24H37N7/c1-2-23-29-26-19-31(23)17-14-25-24(27-21-10-6-7-11-21)28-22-12-15-30(16-13-22)18-20-8-4-3-5-9-20/h3-5,8-9,19,21-22H,2,6-7,10-18H2,1H3,(H2,25,27,28).